The van der Waals surface area contributed by atoms with Gasteiger partial charge < -0.3 is 14.5 Å². The second-order valence-corrected chi connectivity index (χ2v) is 5.81. The lowest BCUT2D eigenvalue weighted by Crippen LogP contribution is -2.31. The number of carbonyl (C=O) groups excluding carboxylic acids is 2. The van der Waals surface area contributed by atoms with Gasteiger partial charge in [-0.15, -0.1) is 0 Å². The summed E-state index contributed by atoms with van der Waals surface area (Å²) >= 11 is 5.65. The van der Waals surface area contributed by atoms with E-state index >= 15 is 0 Å². The summed E-state index contributed by atoms with van der Waals surface area (Å²) in [6.45, 7) is 1.40. The topological polar surface area (TPSA) is 81.4 Å². The largest absolute Gasteiger partial charge is 0.459 e. The fraction of sp³-hybridized carbons (Fsp3) is 0.167. The number of hydrogen-bond donors (Lipinski definition) is 1. The Morgan fingerprint density at radius 2 is 2.08 bits per heavy atom. The van der Waals surface area contributed by atoms with Crippen LogP contribution in [-0.4, -0.2) is 23.5 Å². The number of para-hydroxylation sites is 1. The molecule has 128 valence electrons. The Labute approximate surface area is 148 Å². The maximum absolute atomic E-state index is 12.0. The van der Waals surface area contributed by atoms with E-state index in [0.717, 1.165) is 11.0 Å². The van der Waals surface area contributed by atoms with E-state index in [9.17, 15) is 9.59 Å². The molecule has 25 heavy (non-hydrogen) atoms. The Kier molecular flexibility index (Phi) is 5.00. The van der Waals surface area contributed by atoms with Crippen LogP contribution in [0.5, 0.6) is 0 Å². The zero-order valence-electron chi connectivity index (χ0n) is 13.4. The summed E-state index contributed by atoms with van der Waals surface area (Å²) in [6, 6.07) is 12.0. The molecule has 0 saturated carbocycles. The lowest BCUT2D eigenvalue weighted by molar-refractivity contribution is -0.125. The van der Waals surface area contributed by atoms with Gasteiger partial charge in [0.25, 0.3) is 5.91 Å². The van der Waals surface area contributed by atoms with E-state index in [1.165, 1.54) is 18.3 Å². The van der Waals surface area contributed by atoms with Crippen molar-refractivity contribution in [3.8, 4) is 0 Å². The second-order valence-electron chi connectivity index (χ2n) is 5.42. The molecule has 7 heteroatoms. The predicted octanol–water partition coefficient (Wildman–Crippen LogP) is 3.52. The average Bonchev–Trinajstić information content (AvgIpc) is 3.04. The highest BCUT2D eigenvalue weighted by molar-refractivity contribution is 6.29. The first-order valence-electron chi connectivity index (χ1n) is 7.59. The molecular formula is C18H15ClN2O4. The van der Waals surface area contributed by atoms with Gasteiger partial charge in [0.1, 0.15) is 16.5 Å². The van der Waals surface area contributed by atoms with E-state index in [1.54, 1.807) is 6.92 Å². The van der Waals surface area contributed by atoms with Crippen molar-refractivity contribution in [1.29, 1.82) is 0 Å². The maximum atomic E-state index is 12.0. The number of ether oxygens (including phenoxy) is 1. The van der Waals surface area contributed by atoms with Crippen LogP contribution in [-0.2, 0) is 9.53 Å². The normalized spacial score (nSPS) is 11.9. The van der Waals surface area contributed by atoms with E-state index in [2.05, 4.69) is 10.3 Å². The zero-order valence-corrected chi connectivity index (χ0v) is 14.1. The molecule has 2 heterocycles. The second kappa shape index (κ2) is 7.36. The SMILES string of the molecule is C[C@H](NC(=O)COC(=O)c1ccc(Cl)nc1)c1cc2ccccc2o1. The van der Waals surface area contributed by atoms with Crippen LogP contribution in [0, 0.1) is 0 Å². The Bertz CT molecular complexity index is 872. The summed E-state index contributed by atoms with van der Waals surface area (Å²) in [4.78, 5) is 27.6. The summed E-state index contributed by atoms with van der Waals surface area (Å²) in [5, 5.41) is 3.96. The summed E-state index contributed by atoms with van der Waals surface area (Å²) in [7, 11) is 0. The van der Waals surface area contributed by atoms with E-state index in [1.807, 2.05) is 30.3 Å². The van der Waals surface area contributed by atoms with Crippen LogP contribution in [0.3, 0.4) is 0 Å². The monoisotopic (exact) mass is 358 g/mol. The highest BCUT2D eigenvalue weighted by Gasteiger charge is 2.16. The highest BCUT2D eigenvalue weighted by Crippen LogP contribution is 2.23. The number of furan rings is 1. The van der Waals surface area contributed by atoms with E-state index in [-0.39, 0.29) is 16.8 Å². The molecule has 0 spiro atoms. The van der Waals surface area contributed by atoms with Crippen molar-refractivity contribution < 1.29 is 18.7 Å². The minimum absolute atomic E-state index is 0.225. The third-order valence-electron chi connectivity index (χ3n) is 3.55. The Morgan fingerprint density at radius 1 is 1.28 bits per heavy atom. The quantitative estimate of drug-likeness (QED) is 0.557. The van der Waals surface area contributed by atoms with Crippen molar-refractivity contribution in [2.75, 3.05) is 6.61 Å². The molecule has 3 rings (SSSR count). The van der Waals surface area contributed by atoms with Gasteiger partial charge in [0.2, 0.25) is 0 Å². The number of halogens is 1. The van der Waals surface area contributed by atoms with Gasteiger partial charge in [-0.3, -0.25) is 4.79 Å². The van der Waals surface area contributed by atoms with Crippen molar-refractivity contribution in [3.63, 3.8) is 0 Å². The van der Waals surface area contributed by atoms with Crippen LogP contribution in [0.2, 0.25) is 5.15 Å². The number of rotatable bonds is 5. The molecule has 0 radical (unpaired) electrons. The van der Waals surface area contributed by atoms with E-state index < -0.39 is 18.5 Å². The molecule has 0 saturated heterocycles. The average molecular weight is 359 g/mol. The van der Waals surface area contributed by atoms with Gasteiger partial charge in [-0.05, 0) is 31.2 Å². The van der Waals surface area contributed by atoms with Gasteiger partial charge in [-0.2, -0.15) is 0 Å². The smallest absolute Gasteiger partial charge is 0.340 e. The molecular weight excluding hydrogens is 344 g/mol. The van der Waals surface area contributed by atoms with Crippen molar-refractivity contribution in [3.05, 3.63) is 65.1 Å². The zero-order chi connectivity index (χ0) is 17.8. The molecule has 0 aliphatic rings. The molecule has 6 nitrogen and oxygen atoms in total. The standard InChI is InChI=1S/C18H15ClN2O4/c1-11(15-8-12-4-2-3-5-14(12)25-15)21-17(22)10-24-18(23)13-6-7-16(19)20-9-13/h2-9,11H,10H2,1H3,(H,21,22)/t11-/m0/s1. The summed E-state index contributed by atoms with van der Waals surface area (Å²) in [6.07, 6.45) is 1.29. The van der Waals surface area contributed by atoms with Gasteiger partial charge in [0.05, 0.1) is 11.6 Å². The highest BCUT2D eigenvalue weighted by atomic mass is 35.5. The molecule has 2 aromatic heterocycles. The third-order valence-corrected chi connectivity index (χ3v) is 3.77. The number of aromatic nitrogens is 1. The lowest BCUT2D eigenvalue weighted by Gasteiger charge is -2.11. The van der Waals surface area contributed by atoms with Gasteiger partial charge in [-0.1, -0.05) is 29.8 Å². The van der Waals surface area contributed by atoms with Crippen LogP contribution in [0.1, 0.15) is 29.1 Å². The van der Waals surface area contributed by atoms with Gasteiger partial charge in [-0.25, -0.2) is 9.78 Å². The third kappa shape index (κ3) is 4.16. The Morgan fingerprint density at radius 3 is 2.80 bits per heavy atom. The Balaban J connectivity index is 1.54. The number of hydrogen-bond acceptors (Lipinski definition) is 5. The minimum Gasteiger partial charge on any atom is -0.459 e. The predicted molar refractivity (Wildman–Crippen MR) is 92.3 cm³/mol. The van der Waals surface area contributed by atoms with Gasteiger partial charge in [0, 0.05) is 11.6 Å². The fourth-order valence-corrected chi connectivity index (χ4v) is 2.39. The number of fused-ring (bicyclic) bond motifs is 1. The van der Waals surface area contributed by atoms with Gasteiger partial charge >= 0.3 is 5.97 Å². The first-order chi connectivity index (χ1) is 12.0. The molecule has 1 aromatic carbocycles. The maximum Gasteiger partial charge on any atom is 0.340 e. The minimum atomic E-state index is -0.643. The van der Waals surface area contributed by atoms with Crippen molar-refractivity contribution in [1.82, 2.24) is 10.3 Å². The number of amides is 1. The Hall–Kier alpha value is -2.86. The number of carbonyl (C=O) groups is 2. The summed E-state index contributed by atoms with van der Waals surface area (Å²) in [5.41, 5.74) is 0.975. The fourth-order valence-electron chi connectivity index (χ4n) is 2.28. The van der Waals surface area contributed by atoms with Crippen molar-refractivity contribution in [2.45, 2.75) is 13.0 Å². The van der Waals surface area contributed by atoms with Crippen molar-refractivity contribution in [2.24, 2.45) is 0 Å². The lowest BCUT2D eigenvalue weighted by atomic mass is 10.2. The van der Waals surface area contributed by atoms with E-state index in [4.69, 9.17) is 20.8 Å². The number of pyridine rings is 1. The molecule has 0 bridgehead atoms. The molecule has 1 N–H and O–H groups in total. The number of nitrogens with one attached hydrogen (secondary N) is 1. The van der Waals surface area contributed by atoms with Crippen LogP contribution < -0.4 is 5.32 Å². The van der Waals surface area contributed by atoms with Gasteiger partial charge in [0.15, 0.2) is 6.61 Å². The van der Waals surface area contributed by atoms with Crippen LogP contribution in [0.4, 0.5) is 0 Å². The molecule has 0 unspecified atom stereocenters. The summed E-state index contributed by atoms with van der Waals surface area (Å²) in [5.74, 6) is -0.443. The molecule has 0 aliphatic carbocycles. The van der Waals surface area contributed by atoms with Crippen LogP contribution in [0.25, 0.3) is 11.0 Å². The number of esters is 1. The van der Waals surface area contributed by atoms with Crippen LogP contribution in [0.15, 0.2) is 53.1 Å². The first-order valence-corrected chi connectivity index (χ1v) is 7.97. The first kappa shape index (κ1) is 17.0. The summed E-state index contributed by atoms with van der Waals surface area (Å²) < 4.78 is 10.7. The van der Waals surface area contributed by atoms with Crippen molar-refractivity contribution >= 4 is 34.4 Å². The van der Waals surface area contributed by atoms with Crippen LogP contribution >= 0.6 is 11.6 Å². The molecule has 0 fully saturated rings. The molecule has 3 aromatic rings. The molecule has 1 amide bonds. The molecule has 1 atom stereocenters. The van der Waals surface area contributed by atoms with E-state index in [0.29, 0.717) is 5.76 Å². The number of benzene rings is 1. The molecule has 0 aliphatic heterocycles. The number of nitrogens with zero attached hydrogens (tertiary/aromatic N) is 1.